The zero-order valence-electron chi connectivity index (χ0n) is 44.5. The van der Waals surface area contributed by atoms with Crippen LogP contribution in [0.5, 0.6) is 0 Å². The first-order valence-corrected chi connectivity index (χ1v) is 28.5. The number of hydrogen-bond donors (Lipinski definition) is 6. The number of aliphatic hydroxyl groups excluding tert-OH is 5. The molecule has 11 heteroatoms. The summed E-state index contributed by atoms with van der Waals surface area (Å²) in [5.41, 5.74) is 0. The first-order chi connectivity index (χ1) is 34.2. The molecule has 406 valence electrons. The first kappa shape index (κ1) is 65.4. The molecule has 0 aromatic rings. The number of hydrogen-bond acceptors (Lipinski definition) is 10. The molecule has 1 rings (SSSR count). The molecule has 0 spiro atoms. The van der Waals surface area contributed by atoms with Gasteiger partial charge in [-0.2, -0.15) is 0 Å². The number of nitrogens with one attached hydrogen (secondary N) is 1. The lowest BCUT2D eigenvalue weighted by molar-refractivity contribution is -0.302. The van der Waals surface area contributed by atoms with E-state index in [0.29, 0.717) is 25.9 Å². The largest absolute Gasteiger partial charge is 0.466 e. The van der Waals surface area contributed by atoms with Crippen molar-refractivity contribution in [3.63, 3.8) is 0 Å². The van der Waals surface area contributed by atoms with Crippen molar-refractivity contribution in [3.8, 4) is 0 Å². The molecule has 0 aliphatic carbocycles. The zero-order chi connectivity index (χ0) is 51.0. The van der Waals surface area contributed by atoms with E-state index in [9.17, 15) is 35.1 Å². The minimum atomic E-state index is -1.59. The number of carbonyl (C=O) groups excluding carboxylic acids is 2. The van der Waals surface area contributed by atoms with Gasteiger partial charge in [-0.1, -0.05) is 196 Å². The number of ether oxygens (including phenoxy) is 3. The second kappa shape index (κ2) is 48.6. The van der Waals surface area contributed by atoms with Gasteiger partial charge in [-0.3, -0.25) is 9.59 Å². The van der Waals surface area contributed by atoms with Crippen LogP contribution in [-0.2, 0) is 23.8 Å². The second-order valence-electron chi connectivity index (χ2n) is 19.6. The normalized spacial score (nSPS) is 19.7. The molecule has 1 heterocycles. The van der Waals surface area contributed by atoms with Gasteiger partial charge in [0.05, 0.1) is 32.0 Å². The van der Waals surface area contributed by atoms with E-state index in [4.69, 9.17) is 14.2 Å². The topological polar surface area (TPSA) is 175 Å². The van der Waals surface area contributed by atoms with E-state index in [1.807, 2.05) is 19.1 Å². The molecule has 1 fully saturated rings. The molecule has 7 unspecified atom stereocenters. The van der Waals surface area contributed by atoms with E-state index in [0.717, 1.165) is 96.3 Å². The van der Waals surface area contributed by atoms with Crippen LogP contribution in [0.1, 0.15) is 239 Å². The summed E-state index contributed by atoms with van der Waals surface area (Å²) in [6.07, 6.45) is 52.0. The third kappa shape index (κ3) is 38.0. The van der Waals surface area contributed by atoms with E-state index >= 15 is 0 Å². The summed E-state index contributed by atoms with van der Waals surface area (Å²) < 4.78 is 16.6. The van der Waals surface area contributed by atoms with Crippen molar-refractivity contribution in [1.82, 2.24) is 5.32 Å². The first-order valence-electron chi connectivity index (χ1n) is 28.5. The van der Waals surface area contributed by atoms with Crippen LogP contribution in [0.3, 0.4) is 0 Å². The fourth-order valence-corrected chi connectivity index (χ4v) is 8.62. The van der Waals surface area contributed by atoms with Crippen molar-refractivity contribution in [2.45, 2.75) is 281 Å². The summed E-state index contributed by atoms with van der Waals surface area (Å²) in [5, 5.41) is 54.1. The average Bonchev–Trinajstić information content (AvgIpc) is 3.36. The molecular formula is C59H105NO10. The Hall–Kier alpha value is -2.64. The van der Waals surface area contributed by atoms with Gasteiger partial charge >= 0.3 is 5.97 Å². The van der Waals surface area contributed by atoms with Crippen LogP contribution in [0.4, 0.5) is 0 Å². The van der Waals surface area contributed by atoms with Gasteiger partial charge in [0.1, 0.15) is 24.4 Å². The second-order valence-corrected chi connectivity index (χ2v) is 19.6. The van der Waals surface area contributed by atoms with E-state index in [1.54, 1.807) is 6.08 Å². The molecule has 0 saturated carbocycles. The SMILES string of the molecule is C/C=C/CC/C=C/CC/C=C/C(O)C(COC1OC(CO)C(O)C(O)C1O)NC(=O)CCCCCCCCC/C=C\C/C=C\CCCCCOC(=O)CCCCCCCCCCCCCCCCCC. The Kier molecular flexibility index (Phi) is 45.4. The van der Waals surface area contributed by atoms with Crippen molar-refractivity contribution < 1.29 is 49.3 Å². The molecule has 1 saturated heterocycles. The Morgan fingerprint density at radius 1 is 0.557 bits per heavy atom. The Bertz CT molecular complexity index is 1350. The molecule has 70 heavy (non-hydrogen) atoms. The smallest absolute Gasteiger partial charge is 0.305 e. The number of unbranched alkanes of at least 4 members (excludes halogenated alkanes) is 27. The predicted molar refractivity (Wildman–Crippen MR) is 287 cm³/mol. The summed E-state index contributed by atoms with van der Waals surface area (Å²) in [6.45, 7) is 4.02. The lowest BCUT2D eigenvalue weighted by Gasteiger charge is -2.40. The number of amides is 1. The quantitative estimate of drug-likeness (QED) is 0.0196. The van der Waals surface area contributed by atoms with Crippen LogP contribution in [-0.4, -0.2) is 100 Å². The molecule has 0 bridgehead atoms. The number of aliphatic hydroxyl groups is 5. The molecule has 0 aromatic heterocycles. The minimum absolute atomic E-state index is 0.0312. The summed E-state index contributed by atoms with van der Waals surface area (Å²) in [6, 6.07) is -0.846. The highest BCUT2D eigenvalue weighted by atomic mass is 16.7. The average molecular weight is 988 g/mol. The number of esters is 1. The highest BCUT2D eigenvalue weighted by Gasteiger charge is 2.44. The van der Waals surface area contributed by atoms with Gasteiger partial charge in [-0.25, -0.2) is 0 Å². The van der Waals surface area contributed by atoms with Gasteiger partial charge in [0, 0.05) is 12.8 Å². The van der Waals surface area contributed by atoms with Gasteiger partial charge in [0.2, 0.25) is 5.91 Å². The maximum atomic E-state index is 13.0. The Balaban J connectivity index is 2.08. The van der Waals surface area contributed by atoms with Gasteiger partial charge in [-0.05, 0) is 90.4 Å². The van der Waals surface area contributed by atoms with Gasteiger partial charge in [-0.15, -0.1) is 0 Å². The molecule has 7 atom stereocenters. The summed E-state index contributed by atoms with van der Waals surface area (Å²) in [7, 11) is 0. The minimum Gasteiger partial charge on any atom is -0.466 e. The number of carbonyl (C=O) groups is 2. The lowest BCUT2D eigenvalue weighted by atomic mass is 9.99. The summed E-state index contributed by atoms with van der Waals surface area (Å²) in [5.74, 6) is -0.248. The van der Waals surface area contributed by atoms with E-state index in [2.05, 4.69) is 54.8 Å². The van der Waals surface area contributed by atoms with E-state index < -0.39 is 49.5 Å². The zero-order valence-corrected chi connectivity index (χ0v) is 44.5. The van der Waals surface area contributed by atoms with Crippen molar-refractivity contribution in [1.29, 1.82) is 0 Å². The predicted octanol–water partition coefficient (Wildman–Crippen LogP) is 12.7. The third-order valence-electron chi connectivity index (χ3n) is 13.2. The van der Waals surface area contributed by atoms with Crippen LogP contribution in [0, 0.1) is 0 Å². The maximum absolute atomic E-state index is 13.0. The highest BCUT2D eigenvalue weighted by molar-refractivity contribution is 5.76. The molecule has 0 radical (unpaired) electrons. The summed E-state index contributed by atoms with van der Waals surface area (Å²) >= 11 is 0. The van der Waals surface area contributed by atoms with Crippen molar-refractivity contribution in [2.24, 2.45) is 0 Å². The van der Waals surface area contributed by atoms with Crippen LogP contribution in [0.2, 0.25) is 0 Å². The van der Waals surface area contributed by atoms with Crippen molar-refractivity contribution >= 4 is 11.9 Å². The summed E-state index contributed by atoms with van der Waals surface area (Å²) in [4.78, 5) is 25.0. The highest BCUT2D eigenvalue weighted by Crippen LogP contribution is 2.23. The Labute approximate surface area is 427 Å². The number of rotatable bonds is 48. The molecule has 1 aliphatic rings. The van der Waals surface area contributed by atoms with E-state index in [-0.39, 0.29) is 18.5 Å². The van der Waals surface area contributed by atoms with Crippen molar-refractivity contribution in [3.05, 3.63) is 60.8 Å². The van der Waals surface area contributed by atoms with E-state index in [1.165, 1.54) is 109 Å². The molecule has 6 N–H and O–H groups in total. The van der Waals surface area contributed by atoms with Crippen LogP contribution in [0.15, 0.2) is 60.8 Å². The van der Waals surface area contributed by atoms with Crippen LogP contribution >= 0.6 is 0 Å². The maximum Gasteiger partial charge on any atom is 0.305 e. The Morgan fingerprint density at radius 2 is 1.03 bits per heavy atom. The standard InChI is InChI=1S/C59H105NO10/c1-3-5-7-9-11-13-14-15-16-21-24-27-31-35-39-43-47-55(64)68-48-44-40-36-32-28-25-22-19-17-18-20-23-26-30-34-38-42-46-54(63)60-51(52(62)45-41-37-33-29-12-10-8-6-4-2)50-69-59-58(67)57(66)56(65)53(49-61)70-59/h4,6,12,17,19,25,28-29,41,45,51-53,56-59,61-62,65-67H,3,5,7-11,13-16,18,20-24,26-27,30-40,42-44,46-50H2,1-2H3,(H,60,63)/b6-4+,19-17-,28-25-,29-12+,45-41+. The fourth-order valence-electron chi connectivity index (χ4n) is 8.62. The Morgan fingerprint density at radius 3 is 1.57 bits per heavy atom. The molecular weight excluding hydrogens is 883 g/mol. The molecule has 1 amide bonds. The number of allylic oxidation sites excluding steroid dienone is 9. The monoisotopic (exact) mass is 988 g/mol. The molecule has 11 nitrogen and oxygen atoms in total. The van der Waals surface area contributed by atoms with Crippen molar-refractivity contribution in [2.75, 3.05) is 19.8 Å². The van der Waals surface area contributed by atoms with Crippen LogP contribution in [0.25, 0.3) is 0 Å². The molecule has 1 aliphatic heterocycles. The fraction of sp³-hybridized carbons (Fsp3) is 0.797. The molecule has 0 aromatic carbocycles. The van der Waals surface area contributed by atoms with Gasteiger partial charge < -0.3 is 45.1 Å². The third-order valence-corrected chi connectivity index (χ3v) is 13.2. The van der Waals surface area contributed by atoms with Gasteiger partial charge in [0.15, 0.2) is 6.29 Å². The van der Waals surface area contributed by atoms with Crippen LogP contribution < -0.4 is 5.32 Å². The lowest BCUT2D eigenvalue weighted by Crippen LogP contribution is -2.60. The van der Waals surface area contributed by atoms with Gasteiger partial charge in [0.25, 0.3) is 0 Å².